The molecule has 0 saturated heterocycles. The third-order valence-electron chi connectivity index (χ3n) is 2.03. The van der Waals surface area contributed by atoms with Crippen molar-refractivity contribution >= 4 is 11.3 Å². The Morgan fingerprint density at radius 2 is 2.14 bits per heavy atom. The smallest absolute Gasteiger partial charge is 0.196 e. The second-order valence-corrected chi connectivity index (χ2v) is 3.77. The summed E-state index contributed by atoms with van der Waals surface area (Å²) in [6, 6.07) is 0.275. The van der Waals surface area contributed by atoms with Gasteiger partial charge in [-0.1, -0.05) is 0 Å². The molecule has 1 unspecified atom stereocenters. The van der Waals surface area contributed by atoms with Crippen LogP contribution in [0.25, 0.3) is 5.13 Å². The fourth-order valence-corrected chi connectivity index (χ4v) is 1.90. The lowest BCUT2D eigenvalue weighted by Crippen LogP contribution is -2.12. The van der Waals surface area contributed by atoms with Gasteiger partial charge in [0, 0.05) is 11.4 Å². The maximum Gasteiger partial charge on any atom is 0.196 e. The van der Waals surface area contributed by atoms with E-state index in [1.165, 1.54) is 0 Å². The summed E-state index contributed by atoms with van der Waals surface area (Å²) in [6.45, 7) is 2.07. The fourth-order valence-electron chi connectivity index (χ4n) is 1.04. The predicted molar refractivity (Wildman–Crippen MR) is 54.5 cm³/mol. The van der Waals surface area contributed by atoms with E-state index in [9.17, 15) is 0 Å². The molecule has 0 radical (unpaired) electrons. The Balaban J connectivity index is 2.26. The molecule has 0 aliphatic heterocycles. The molecule has 0 fully saturated rings. The van der Waals surface area contributed by atoms with Gasteiger partial charge in [-0.15, -0.1) is 21.5 Å². The minimum absolute atomic E-state index is 0.275. The van der Waals surface area contributed by atoms with E-state index in [2.05, 4.69) is 27.4 Å². The first-order valence-corrected chi connectivity index (χ1v) is 5.17. The van der Waals surface area contributed by atoms with Gasteiger partial charge in [-0.05, 0) is 14.0 Å². The highest BCUT2D eigenvalue weighted by molar-refractivity contribution is 7.12. The molecule has 5 nitrogen and oxygen atoms in total. The summed E-state index contributed by atoms with van der Waals surface area (Å²) >= 11 is 1.58. The van der Waals surface area contributed by atoms with Gasteiger partial charge in [-0.2, -0.15) is 0 Å². The van der Waals surface area contributed by atoms with Crippen molar-refractivity contribution in [1.29, 1.82) is 0 Å². The van der Waals surface area contributed by atoms with Crippen LogP contribution in [0, 0.1) is 0 Å². The van der Waals surface area contributed by atoms with Crippen LogP contribution in [0.15, 0.2) is 18.0 Å². The molecule has 1 N–H and O–H groups in total. The van der Waals surface area contributed by atoms with Crippen molar-refractivity contribution in [1.82, 2.24) is 25.1 Å². The Kier molecular flexibility index (Phi) is 2.55. The maximum atomic E-state index is 4.46. The lowest BCUT2D eigenvalue weighted by Gasteiger charge is -2.04. The molecule has 0 aliphatic carbocycles. The first-order chi connectivity index (χ1) is 6.81. The molecule has 1 atom stereocenters. The number of nitrogens with zero attached hydrogens (tertiary/aromatic N) is 4. The van der Waals surface area contributed by atoms with Gasteiger partial charge in [-0.25, -0.2) is 4.98 Å². The van der Waals surface area contributed by atoms with Gasteiger partial charge in [0.25, 0.3) is 0 Å². The number of rotatable bonds is 3. The molecule has 0 spiro atoms. The molecule has 2 heterocycles. The Bertz CT molecular complexity index is 394. The van der Waals surface area contributed by atoms with E-state index in [1.807, 2.05) is 12.4 Å². The summed E-state index contributed by atoms with van der Waals surface area (Å²) in [4.78, 5) is 4.46. The zero-order valence-corrected chi connectivity index (χ0v) is 8.82. The van der Waals surface area contributed by atoms with Crippen LogP contribution in [0.3, 0.4) is 0 Å². The van der Waals surface area contributed by atoms with Crippen LogP contribution < -0.4 is 5.32 Å². The quantitative estimate of drug-likeness (QED) is 0.819. The van der Waals surface area contributed by atoms with Crippen molar-refractivity contribution < 1.29 is 0 Å². The lowest BCUT2D eigenvalue weighted by molar-refractivity contribution is 0.635. The average molecular weight is 209 g/mol. The number of hydrogen-bond acceptors (Lipinski definition) is 5. The van der Waals surface area contributed by atoms with Crippen molar-refractivity contribution in [2.45, 2.75) is 13.0 Å². The number of thiazole rings is 1. The molecule has 0 saturated carbocycles. The van der Waals surface area contributed by atoms with Crippen LogP contribution in [0.1, 0.15) is 18.7 Å². The van der Waals surface area contributed by atoms with Crippen molar-refractivity contribution in [2.24, 2.45) is 0 Å². The standard InChI is InChI=1S/C8H11N5S/c1-6(9-2)7-3-14-8(12-7)13-4-10-11-5-13/h3-6,9H,1-2H3. The summed E-state index contributed by atoms with van der Waals surface area (Å²) in [7, 11) is 1.92. The third-order valence-corrected chi connectivity index (χ3v) is 2.90. The summed E-state index contributed by atoms with van der Waals surface area (Å²) in [5, 5.41) is 13.6. The lowest BCUT2D eigenvalue weighted by atomic mass is 10.3. The van der Waals surface area contributed by atoms with Gasteiger partial charge in [0.05, 0.1) is 5.69 Å². The molecule has 0 amide bonds. The topological polar surface area (TPSA) is 55.6 Å². The number of nitrogens with one attached hydrogen (secondary N) is 1. The average Bonchev–Trinajstić information content (AvgIpc) is 2.86. The molecule has 14 heavy (non-hydrogen) atoms. The molecule has 2 aromatic heterocycles. The normalized spacial score (nSPS) is 13.0. The minimum atomic E-state index is 0.275. The molecule has 74 valence electrons. The summed E-state index contributed by atoms with van der Waals surface area (Å²) in [5.41, 5.74) is 1.04. The van der Waals surface area contributed by atoms with Crippen LogP contribution in [-0.4, -0.2) is 26.8 Å². The SMILES string of the molecule is CNC(C)c1csc(-n2cnnc2)n1. The van der Waals surface area contributed by atoms with Crippen LogP contribution in [0.2, 0.25) is 0 Å². The van der Waals surface area contributed by atoms with Gasteiger partial charge in [0.1, 0.15) is 12.7 Å². The van der Waals surface area contributed by atoms with E-state index in [0.29, 0.717) is 0 Å². The van der Waals surface area contributed by atoms with E-state index in [0.717, 1.165) is 10.8 Å². The maximum absolute atomic E-state index is 4.46. The Morgan fingerprint density at radius 1 is 1.43 bits per heavy atom. The molecular weight excluding hydrogens is 198 g/mol. The monoisotopic (exact) mass is 209 g/mol. The summed E-state index contributed by atoms with van der Waals surface area (Å²) < 4.78 is 1.80. The predicted octanol–water partition coefficient (Wildman–Crippen LogP) is 1.00. The molecule has 0 aromatic carbocycles. The van der Waals surface area contributed by atoms with E-state index in [4.69, 9.17) is 0 Å². The van der Waals surface area contributed by atoms with Gasteiger partial charge in [0.15, 0.2) is 5.13 Å². The minimum Gasteiger partial charge on any atom is -0.312 e. The van der Waals surface area contributed by atoms with Crippen molar-refractivity contribution in [2.75, 3.05) is 7.05 Å². The van der Waals surface area contributed by atoms with Gasteiger partial charge in [0.2, 0.25) is 0 Å². The van der Waals surface area contributed by atoms with Crippen LogP contribution in [-0.2, 0) is 0 Å². The number of hydrogen-bond donors (Lipinski definition) is 1. The van der Waals surface area contributed by atoms with Gasteiger partial charge >= 0.3 is 0 Å². The van der Waals surface area contributed by atoms with Crippen molar-refractivity contribution in [3.05, 3.63) is 23.7 Å². The Labute approximate surface area is 85.8 Å². The second kappa shape index (κ2) is 3.85. The van der Waals surface area contributed by atoms with E-state index in [1.54, 1.807) is 28.6 Å². The largest absolute Gasteiger partial charge is 0.312 e. The Hall–Kier alpha value is -1.27. The summed E-state index contributed by atoms with van der Waals surface area (Å²) in [6.07, 6.45) is 3.29. The molecule has 0 bridgehead atoms. The third kappa shape index (κ3) is 1.66. The molecule has 0 aliphatic rings. The van der Waals surface area contributed by atoms with E-state index in [-0.39, 0.29) is 6.04 Å². The molecule has 6 heteroatoms. The zero-order valence-electron chi connectivity index (χ0n) is 8.01. The van der Waals surface area contributed by atoms with Crippen LogP contribution in [0.5, 0.6) is 0 Å². The van der Waals surface area contributed by atoms with Gasteiger partial charge in [-0.3, -0.25) is 4.57 Å². The Morgan fingerprint density at radius 3 is 2.79 bits per heavy atom. The summed E-state index contributed by atoms with van der Waals surface area (Å²) in [5.74, 6) is 0. The van der Waals surface area contributed by atoms with Gasteiger partial charge < -0.3 is 5.32 Å². The molecular formula is C8H11N5S. The highest BCUT2D eigenvalue weighted by Gasteiger charge is 2.08. The first-order valence-electron chi connectivity index (χ1n) is 4.29. The highest BCUT2D eigenvalue weighted by Crippen LogP contribution is 2.18. The van der Waals surface area contributed by atoms with Crippen LogP contribution in [0.4, 0.5) is 0 Å². The first kappa shape index (κ1) is 9.29. The fraction of sp³-hybridized carbons (Fsp3) is 0.375. The molecule has 2 rings (SSSR count). The van der Waals surface area contributed by atoms with Crippen molar-refractivity contribution in [3.63, 3.8) is 0 Å². The molecule has 2 aromatic rings. The van der Waals surface area contributed by atoms with E-state index < -0.39 is 0 Å². The highest BCUT2D eigenvalue weighted by atomic mass is 32.1. The second-order valence-electron chi connectivity index (χ2n) is 2.93. The zero-order chi connectivity index (χ0) is 9.97. The number of aromatic nitrogens is 4. The van der Waals surface area contributed by atoms with Crippen LogP contribution >= 0.6 is 11.3 Å². The van der Waals surface area contributed by atoms with E-state index >= 15 is 0 Å². The van der Waals surface area contributed by atoms with Crippen molar-refractivity contribution in [3.8, 4) is 5.13 Å².